The van der Waals surface area contributed by atoms with Gasteiger partial charge in [0.15, 0.2) is 0 Å². The van der Waals surface area contributed by atoms with Crippen LogP contribution in [0.15, 0.2) is 24.3 Å². The van der Waals surface area contributed by atoms with Crippen molar-refractivity contribution < 1.29 is 9.53 Å². The molecular weight excluding hydrogens is 228 g/mol. The summed E-state index contributed by atoms with van der Waals surface area (Å²) in [6.07, 6.45) is 4.67. The van der Waals surface area contributed by atoms with Gasteiger partial charge in [-0.25, -0.2) is 4.79 Å². The topological polar surface area (TPSA) is 41.6 Å². The number of ether oxygens (including phenoxy) is 1. The summed E-state index contributed by atoms with van der Waals surface area (Å²) in [5.74, 6) is 0.797. The van der Waals surface area contributed by atoms with Crippen LogP contribution in [0.3, 0.4) is 0 Å². The second kappa shape index (κ2) is 4.88. The smallest absolute Gasteiger partial charge is 0.322 e. The molecule has 96 valence electrons. The van der Waals surface area contributed by atoms with Gasteiger partial charge in [-0.05, 0) is 25.0 Å². The number of rotatable bonds is 1. The van der Waals surface area contributed by atoms with Crippen molar-refractivity contribution in [1.29, 1.82) is 0 Å². The summed E-state index contributed by atoms with van der Waals surface area (Å²) >= 11 is 0. The van der Waals surface area contributed by atoms with Gasteiger partial charge in [-0.1, -0.05) is 25.0 Å². The largest absolute Gasteiger partial charge is 0.490 e. The summed E-state index contributed by atoms with van der Waals surface area (Å²) in [5.41, 5.74) is 0.874. The van der Waals surface area contributed by atoms with Gasteiger partial charge in [-0.3, -0.25) is 4.90 Å². The van der Waals surface area contributed by atoms with Crippen molar-refractivity contribution in [3.8, 4) is 5.75 Å². The molecule has 2 aliphatic rings. The number of benzene rings is 1. The lowest BCUT2D eigenvalue weighted by molar-refractivity contribution is 0.236. The molecule has 0 unspecified atom stereocenters. The molecular formula is C14H18N2O2. The zero-order valence-electron chi connectivity index (χ0n) is 10.4. The number of hydrogen-bond acceptors (Lipinski definition) is 2. The van der Waals surface area contributed by atoms with E-state index < -0.39 is 0 Å². The number of fused-ring (bicyclic) bond motifs is 1. The van der Waals surface area contributed by atoms with Gasteiger partial charge in [-0.2, -0.15) is 0 Å². The summed E-state index contributed by atoms with van der Waals surface area (Å²) in [6.45, 7) is 1.19. The maximum Gasteiger partial charge on any atom is 0.322 e. The number of para-hydroxylation sites is 2. The Labute approximate surface area is 107 Å². The predicted molar refractivity (Wildman–Crippen MR) is 70.1 cm³/mol. The van der Waals surface area contributed by atoms with E-state index in [0.29, 0.717) is 19.2 Å². The first-order chi connectivity index (χ1) is 8.84. The van der Waals surface area contributed by atoms with Crippen LogP contribution in [0, 0.1) is 0 Å². The van der Waals surface area contributed by atoms with Crippen LogP contribution >= 0.6 is 0 Å². The molecule has 18 heavy (non-hydrogen) atoms. The summed E-state index contributed by atoms with van der Waals surface area (Å²) < 4.78 is 5.55. The Morgan fingerprint density at radius 3 is 2.89 bits per heavy atom. The van der Waals surface area contributed by atoms with E-state index >= 15 is 0 Å². The molecule has 1 saturated carbocycles. The molecule has 1 N–H and O–H groups in total. The first-order valence-corrected chi connectivity index (χ1v) is 6.64. The van der Waals surface area contributed by atoms with E-state index in [9.17, 15) is 4.79 Å². The first-order valence-electron chi connectivity index (χ1n) is 6.64. The van der Waals surface area contributed by atoms with E-state index in [-0.39, 0.29) is 6.03 Å². The number of amides is 2. The highest BCUT2D eigenvalue weighted by atomic mass is 16.5. The van der Waals surface area contributed by atoms with Gasteiger partial charge in [0.25, 0.3) is 0 Å². The number of anilines is 1. The first kappa shape index (κ1) is 11.4. The number of nitrogens with one attached hydrogen (secondary N) is 1. The third-order valence-electron chi connectivity index (χ3n) is 3.66. The molecule has 1 aromatic rings. The highest BCUT2D eigenvalue weighted by Crippen LogP contribution is 2.31. The lowest BCUT2D eigenvalue weighted by Gasteiger charge is -2.30. The standard InChI is InChI=1S/C14H18N2O2/c17-14(15-11-5-1-2-6-11)16-9-10-18-13-8-4-3-7-12(13)16/h3-4,7-8,11H,1-2,5-6,9-10H2,(H,15,17). The normalized spacial score (nSPS) is 19.2. The molecule has 1 aliphatic carbocycles. The molecule has 4 heteroatoms. The van der Waals surface area contributed by atoms with Gasteiger partial charge in [0.1, 0.15) is 12.4 Å². The Hall–Kier alpha value is -1.71. The molecule has 1 heterocycles. The maximum atomic E-state index is 12.3. The van der Waals surface area contributed by atoms with Gasteiger partial charge < -0.3 is 10.1 Å². The molecule has 0 atom stereocenters. The van der Waals surface area contributed by atoms with Crippen LogP contribution in [0.2, 0.25) is 0 Å². The number of hydrogen-bond donors (Lipinski definition) is 1. The fourth-order valence-corrected chi connectivity index (χ4v) is 2.70. The van der Waals surface area contributed by atoms with Gasteiger partial charge in [0.2, 0.25) is 0 Å². The maximum absolute atomic E-state index is 12.3. The van der Waals surface area contributed by atoms with Crippen molar-refractivity contribution >= 4 is 11.7 Å². The summed E-state index contributed by atoms with van der Waals surface area (Å²) in [5, 5.41) is 3.12. The minimum Gasteiger partial charge on any atom is -0.490 e. The van der Waals surface area contributed by atoms with Crippen molar-refractivity contribution in [3.05, 3.63) is 24.3 Å². The van der Waals surface area contributed by atoms with E-state index in [1.54, 1.807) is 4.90 Å². The Morgan fingerprint density at radius 2 is 2.06 bits per heavy atom. The lowest BCUT2D eigenvalue weighted by atomic mass is 10.2. The monoisotopic (exact) mass is 246 g/mol. The van der Waals surface area contributed by atoms with Crippen LogP contribution < -0.4 is 15.0 Å². The third kappa shape index (κ3) is 2.15. The molecule has 0 radical (unpaired) electrons. The zero-order chi connectivity index (χ0) is 12.4. The molecule has 1 fully saturated rings. The molecule has 0 saturated heterocycles. The van der Waals surface area contributed by atoms with Crippen molar-refractivity contribution in [1.82, 2.24) is 5.32 Å². The number of carbonyl (C=O) groups is 1. The van der Waals surface area contributed by atoms with Gasteiger partial charge >= 0.3 is 6.03 Å². The quantitative estimate of drug-likeness (QED) is 0.827. The highest BCUT2D eigenvalue weighted by Gasteiger charge is 2.25. The van der Waals surface area contributed by atoms with Crippen LogP contribution in [0.4, 0.5) is 10.5 Å². The molecule has 1 aromatic carbocycles. The minimum absolute atomic E-state index is 0.0117. The Balaban J connectivity index is 1.74. The van der Waals surface area contributed by atoms with Crippen molar-refractivity contribution in [3.63, 3.8) is 0 Å². The molecule has 0 spiro atoms. The molecule has 0 aromatic heterocycles. The lowest BCUT2D eigenvalue weighted by Crippen LogP contribution is -2.47. The van der Waals surface area contributed by atoms with Crippen molar-refractivity contribution in [2.24, 2.45) is 0 Å². The number of urea groups is 1. The number of carbonyl (C=O) groups excluding carboxylic acids is 1. The van der Waals surface area contributed by atoms with E-state index in [1.165, 1.54) is 12.8 Å². The summed E-state index contributed by atoms with van der Waals surface area (Å²) in [7, 11) is 0. The number of nitrogens with zero attached hydrogens (tertiary/aromatic N) is 1. The summed E-state index contributed by atoms with van der Waals surface area (Å²) in [6, 6.07) is 8.07. The van der Waals surface area contributed by atoms with Crippen molar-refractivity contribution in [2.45, 2.75) is 31.7 Å². The van der Waals surface area contributed by atoms with Crippen LogP contribution in [-0.2, 0) is 0 Å². The van der Waals surface area contributed by atoms with E-state index in [4.69, 9.17) is 4.74 Å². The molecule has 4 nitrogen and oxygen atoms in total. The van der Waals surface area contributed by atoms with Gasteiger partial charge in [-0.15, -0.1) is 0 Å². The highest BCUT2D eigenvalue weighted by molar-refractivity contribution is 5.94. The molecule has 1 aliphatic heterocycles. The molecule has 2 amide bonds. The van der Waals surface area contributed by atoms with Crippen LogP contribution in [-0.4, -0.2) is 25.2 Å². The van der Waals surface area contributed by atoms with E-state index in [1.807, 2.05) is 24.3 Å². The van der Waals surface area contributed by atoms with E-state index in [0.717, 1.165) is 24.3 Å². The van der Waals surface area contributed by atoms with Gasteiger partial charge in [0.05, 0.1) is 12.2 Å². The predicted octanol–water partition coefficient (Wildman–Crippen LogP) is 2.54. The second-order valence-electron chi connectivity index (χ2n) is 4.90. The van der Waals surface area contributed by atoms with E-state index in [2.05, 4.69) is 5.32 Å². The SMILES string of the molecule is O=C(NC1CCCC1)N1CCOc2ccccc21. The Morgan fingerprint density at radius 1 is 1.28 bits per heavy atom. The zero-order valence-corrected chi connectivity index (χ0v) is 10.4. The fourth-order valence-electron chi connectivity index (χ4n) is 2.70. The van der Waals surface area contributed by atoms with Crippen LogP contribution in [0.1, 0.15) is 25.7 Å². The fraction of sp³-hybridized carbons (Fsp3) is 0.500. The Kier molecular flexibility index (Phi) is 3.09. The average molecular weight is 246 g/mol. The minimum atomic E-state index is 0.0117. The van der Waals surface area contributed by atoms with Crippen molar-refractivity contribution in [2.75, 3.05) is 18.1 Å². The third-order valence-corrected chi connectivity index (χ3v) is 3.66. The van der Waals surface area contributed by atoms with Crippen LogP contribution in [0.25, 0.3) is 0 Å². The van der Waals surface area contributed by atoms with Gasteiger partial charge in [0, 0.05) is 6.04 Å². The Bertz CT molecular complexity index is 441. The summed E-state index contributed by atoms with van der Waals surface area (Å²) in [4.78, 5) is 14.1. The van der Waals surface area contributed by atoms with Crippen LogP contribution in [0.5, 0.6) is 5.75 Å². The average Bonchev–Trinajstić information content (AvgIpc) is 2.91. The molecule has 0 bridgehead atoms. The molecule has 3 rings (SSSR count). The second-order valence-corrected chi connectivity index (χ2v) is 4.90.